The van der Waals surface area contributed by atoms with E-state index in [1.165, 1.54) is 12.1 Å². The third-order valence-corrected chi connectivity index (χ3v) is 2.16. The summed E-state index contributed by atoms with van der Waals surface area (Å²) >= 11 is 0. The van der Waals surface area contributed by atoms with Gasteiger partial charge >= 0.3 is 6.18 Å². The number of rotatable bonds is 2. The van der Waals surface area contributed by atoms with Crippen molar-refractivity contribution in [2.75, 3.05) is 5.32 Å². The molecule has 1 aromatic carbocycles. The van der Waals surface area contributed by atoms with E-state index in [0.717, 1.165) is 12.1 Å². The lowest BCUT2D eigenvalue weighted by atomic mass is 9.92. The normalized spacial score (nSPS) is 12.3. The van der Waals surface area contributed by atoms with Crippen molar-refractivity contribution in [3.8, 4) is 0 Å². The summed E-state index contributed by atoms with van der Waals surface area (Å²) in [5, 5.41) is 2.47. The van der Waals surface area contributed by atoms with Gasteiger partial charge in [-0.25, -0.2) is 0 Å². The lowest BCUT2D eigenvalue weighted by molar-refractivity contribution is -0.137. The number of hydrogen-bond donors (Lipinski definition) is 1. The number of amides is 1. The Morgan fingerprint density at radius 3 is 2.33 bits per heavy atom. The minimum Gasteiger partial charge on any atom is -0.326 e. The van der Waals surface area contributed by atoms with Gasteiger partial charge in [0.1, 0.15) is 0 Å². The molecule has 0 aliphatic rings. The Morgan fingerprint density at radius 2 is 1.83 bits per heavy atom. The standard InChI is InChI=1S/C13H16F3NO/c1-12(2,3)8-11(18)17-10-6-4-5-9(7-10)13(14,15)16/h4-7H,8H2,1-3H3,(H,17,18). The number of benzene rings is 1. The second kappa shape index (κ2) is 5.00. The van der Waals surface area contributed by atoms with Crippen molar-refractivity contribution >= 4 is 11.6 Å². The summed E-state index contributed by atoms with van der Waals surface area (Å²) in [6.45, 7) is 5.66. The zero-order chi connectivity index (χ0) is 14.0. The average Bonchev–Trinajstić information content (AvgIpc) is 2.13. The highest BCUT2D eigenvalue weighted by atomic mass is 19.4. The Bertz CT molecular complexity index is 433. The molecule has 5 heteroatoms. The van der Waals surface area contributed by atoms with Crippen LogP contribution in [0.3, 0.4) is 0 Å². The van der Waals surface area contributed by atoms with Crippen molar-refractivity contribution in [3.05, 3.63) is 29.8 Å². The van der Waals surface area contributed by atoms with Gasteiger partial charge in [0.15, 0.2) is 0 Å². The number of hydrogen-bond acceptors (Lipinski definition) is 1. The van der Waals surface area contributed by atoms with Gasteiger partial charge in [-0.1, -0.05) is 26.8 Å². The van der Waals surface area contributed by atoms with Crippen molar-refractivity contribution in [1.82, 2.24) is 0 Å². The maximum atomic E-state index is 12.5. The first-order chi connectivity index (χ1) is 8.08. The zero-order valence-electron chi connectivity index (χ0n) is 10.6. The van der Waals surface area contributed by atoms with Gasteiger partial charge in [-0.2, -0.15) is 13.2 Å². The van der Waals surface area contributed by atoms with Gasteiger partial charge < -0.3 is 5.32 Å². The van der Waals surface area contributed by atoms with Crippen LogP contribution in [0.1, 0.15) is 32.8 Å². The van der Waals surface area contributed by atoms with E-state index in [1.807, 2.05) is 20.8 Å². The van der Waals surface area contributed by atoms with Gasteiger partial charge in [0.25, 0.3) is 0 Å². The number of carbonyl (C=O) groups is 1. The van der Waals surface area contributed by atoms with Crippen LogP contribution in [0.2, 0.25) is 0 Å². The van der Waals surface area contributed by atoms with Gasteiger partial charge in [0, 0.05) is 12.1 Å². The fourth-order valence-electron chi connectivity index (χ4n) is 1.46. The smallest absolute Gasteiger partial charge is 0.326 e. The SMILES string of the molecule is CC(C)(C)CC(=O)Nc1cccc(C(F)(F)F)c1. The summed E-state index contributed by atoms with van der Waals surface area (Å²) in [5.41, 5.74) is -0.804. The Hall–Kier alpha value is -1.52. The summed E-state index contributed by atoms with van der Waals surface area (Å²) < 4.78 is 37.4. The molecule has 1 amide bonds. The number of nitrogens with one attached hydrogen (secondary N) is 1. The predicted octanol–water partition coefficient (Wildman–Crippen LogP) is 4.08. The fraction of sp³-hybridized carbons (Fsp3) is 0.462. The van der Waals surface area contributed by atoms with Crippen LogP contribution in [0.4, 0.5) is 18.9 Å². The Kier molecular flexibility index (Phi) is 4.04. The highest BCUT2D eigenvalue weighted by molar-refractivity contribution is 5.91. The number of anilines is 1. The van der Waals surface area contributed by atoms with Gasteiger partial charge in [-0.3, -0.25) is 4.79 Å². The molecule has 0 heterocycles. The minimum absolute atomic E-state index is 0.166. The summed E-state index contributed by atoms with van der Waals surface area (Å²) in [6.07, 6.45) is -4.14. The molecule has 0 spiro atoms. The van der Waals surface area contributed by atoms with Crippen molar-refractivity contribution in [2.45, 2.75) is 33.4 Å². The van der Waals surface area contributed by atoms with Crippen molar-refractivity contribution in [1.29, 1.82) is 0 Å². The molecular weight excluding hydrogens is 243 g/mol. The van der Waals surface area contributed by atoms with E-state index in [2.05, 4.69) is 5.32 Å². The number of alkyl halides is 3. The van der Waals surface area contributed by atoms with E-state index in [1.54, 1.807) is 0 Å². The number of halogens is 3. The van der Waals surface area contributed by atoms with Crippen LogP contribution in [-0.4, -0.2) is 5.91 Å². The molecule has 100 valence electrons. The summed E-state index contributed by atoms with van der Waals surface area (Å²) in [6, 6.07) is 4.62. The largest absolute Gasteiger partial charge is 0.416 e. The average molecular weight is 259 g/mol. The van der Waals surface area contributed by atoms with E-state index in [-0.39, 0.29) is 23.4 Å². The number of carbonyl (C=O) groups excluding carboxylic acids is 1. The molecule has 0 bridgehead atoms. The van der Waals surface area contributed by atoms with Gasteiger partial charge in [0.2, 0.25) is 5.91 Å². The molecule has 1 N–H and O–H groups in total. The summed E-state index contributed by atoms with van der Waals surface area (Å²) in [5.74, 6) is -0.290. The third-order valence-electron chi connectivity index (χ3n) is 2.16. The van der Waals surface area contributed by atoms with E-state index >= 15 is 0 Å². The molecule has 2 nitrogen and oxygen atoms in total. The monoisotopic (exact) mass is 259 g/mol. The molecule has 0 saturated heterocycles. The third kappa shape index (κ3) is 4.77. The summed E-state index contributed by atoms with van der Waals surface area (Å²) in [7, 11) is 0. The molecule has 0 unspecified atom stereocenters. The maximum absolute atomic E-state index is 12.5. The lowest BCUT2D eigenvalue weighted by Crippen LogP contribution is -2.19. The van der Waals surface area contributed by atoms with Crippen LogP contribution in [-0.2, 0) is 11.0 Å². The zero-order valence-corrected chi connectivity index (χ0v) is 10.6. The fourth-order valence-corrected chi connectivity index (χ4v) is 1.46. The molecule has 0 fully saturated rings. The first-order valence-corrected chi connectivity index (χ1v) is 5.55. The van der Waals surface area contributed by atoms with Crippen LogP contribution < -0.4 is 5.32 Å². The van der Waals surface area contributed by atoms with Crippen LogP contribution in [0, 0.1) is 5.41 Å². The molecule has 1 rings (SSSR count). The quantitative estimate of drug-likeness (QED) is 0.851. The topological polar surface area (TPSA) is 29.1 Å². The van der Waals surface area contributed by atoms with E-state index in [0.29, 0.717) is 0 Å². The van der Waals surface area contributed by atoms with E-state index in [4.69, 9.17) is 0 Å². The van der Waals surface area contributed by atoms with Gasteiger partial charge in [0.05, 0.1) is 5.56 Å². The van der Waals surface area contributed by atoms with Crippen molar-refractivity contribution in [2.24, 2.45) is 5.41 Å². The predicted molar refractivity (Wildman–Crippen MR) is 64.1 cm³/mol. The Balaban J connectivity index is 2.77. The summed E-state index contributed by atoms with van der Waals surface area (Å²) in [4.78, 5) is 11.6. The molecule has 0 aliphatic heterocycles. The Morgan fingerprint density at radius 1 is 1.22 bits per heavy atom. The molecule has 18 heavy (non-hydrogen) atoms. The minimum atomic E-state index is -4.40. The molecule has 0 atom stereocenters. The second-order valence-electron chi connectivity index (χ2n) is 5.36. The van der Waals surface area contributed by atoms with E-state index < -0.39 is 11.7 Å². The maximum Gasteiger partial charge on any atom is 0.416 e. The van der Waals surface area contributed by atoms with E-state index in [9.17, 15) is 18.0 Å². The molecular formula is C13H16F3NO. The van der Waals surface area contributed by atoms with Crippen LogP contribution >= 0.6 is 0 Å². The van der Waals surface area contributed by atoms with Crippen molar-refractivity contribution in [3.63, 3.8) is 0 Å². The molecule has 0 aromatic heterocycles. The van der Waals surface area contributed by atoms with Crippen molar-refractivity contribution < 1.29 is 18.0 Å². The van der Waals surface area contributed by atoms with Crippen LogP contribution in [0.25, 0.3) is 0 Å². The second-order valence-corrected chi connectivity index (χ2v) is 5.36. The molecule has 0 radical (unpaired) electrons. The molecule has 0 aliphatic carbocycles. The van der Waals surface area contributed by atoms with Gasteiger partial charge in [-0.05, 0) is 23.6 Å². The van der Waals surface area contributed by atoms with Gasteiger partial charge in [-0.15, -0.1) is 0 Å². The molecule has 0 saturated carbocycles. The highest BCUT2D eigenvalue weighted by Crippen LogP contribution is 2.30. The lowest BCUT2D eigenvalue weighted by Gasteiger charge is -2.17. The Labute approximate surface area is 104 Å². The first-order valence-electron chi connectivity index (χ1n) is 5.55. The van der Waals surface area contributed by atoms with Crippen LogP contribution in [0.5, 0.6) is 0 Å². The van der Waals surface area contributed by atoms with Crippen LogP contribution in [0.15, 0.2) is 24.3 Å². The molecule has 1 aromatic rings. The first kappa shape index (κ1) is 14.5. The highest BCUT2D eigenvalue weighted by Gasteiger charge is 2.30.